The minimum absolute atomic E-state index is 0.0290. The molecule has 0 aliphatic carbocycles. The first-order valence-corrected chi connectivity index (χ1v) is 9.64. The number of ether oxygens (including phenoxy) is 1. The Bertz CT molecular complexity index is 599. The third-order valence-electron chi connectivity index (χ3n) is 4.95. The second kappa shape index (κ2) is 6.93. The van der Waals surface area contributed by atoms with Gasteiger partial charge in [-0.2, -0.15) is 0 Å². The van der Waals surface area contributed by atoms with Crippen LogP contribution < -0.4 is 0 Å². The first kappa shape index (κ1) is 20.3. The molecule has 0 saturated carbocycles. The van der Waals surface area contributed by atoms with E-state index in [0.29, 0.717) is 6.61 Å². The van der Waals surface area contributed by atoms with Gasteiger partial charge in [-0.05, 0) is 46.1 Å². The highest BCUT2D eigenvalue weighted by atomic mass is 32.2. The lowest BCUT2D eigenvalue weighted by atomic mass is 9.88. The fourth-order valence-electron chi connectivity index (χ4n) is 3.60. The Hall–Kier alpha value is -1.04. The van der Waals surface area contributed by atoms with Crippen molar-refractivity contribution in [2.24, 2.45) is 5.92 Å². The molecule has 25 heavy (non-hydrogen) atoms. The summed E-state index contributed by atoms with van der Waals surface area (Å²) in [5, 5.41) is 10.9. The second-order valence-electron chi connectivity index (χ2n) is 8.41. The predicted molar refractivity (Wildman–Crippen MR) is 104 cm³/mol. The van der Waals surface area contributed by atoms with Gasteiger partial charge in [0.2, 0.25) is 0 Å². The van der Waals surface area contributed by atoms with Gasteiger partial charge in [-0.15, -0.1) is 0 Å². The Balaban J connectivity index is 2.39. The number of aliphatic hydroxyl groups is 1. The smallest absolute Gasteiger partial charge is 0.285 e. The number of benzene rings is 1. The molecule has 2 rings (SSSR count). The number of thioether (sulfide) groups is 1. The zero-order chi connectivity index (χ0) is 19.0. The van der Waals surface area contributed by atoms with Crippen molar-refractivity contribution in [3.63, 3.8) is 0 Å². The van der Waals surface area contributed by atoms with Crippen molar-refractivity contribution < 1.29 is 14.6 Å². The van der Waals surface area contributed by atoms with E-state index in [4.69, 9.17) is 4.74 Å². The van der Waals surface area contributed by atoms with Gasteiger partial charge in [0.15, 0.2) is 0 Å². The molecule has 4 nitrogen and oxygen atoms in total. The molecule has 1 aromatic carbocycles. The molecule has 1 aromatic rings. The summed E-state index contributed by atoms with van der Waals surface area (Å²) in [4.78, 5) is 15.1. The average Bonchev–Trinajstić information content (AvgIpc) is 2.75. The van der Waals surface area contributed by atoms with Crippen LogP contribution in [-0.4, -0.2) is 39.2 Å². The number of nitrogens with zero attached hydrogens (tertiary/aromatic N) is 1. The van der Waals surface area contributed by atoms with Crippen molar-refractivity contribution in [2.75, 3.05) is 6.61 Å². The van der Waals surface area contributed by atoms with Crippen LogP contribution >= 0.6 is 11.8 Å². The number of rotatable bonds is 4. The molecule has 0 bridgehead atoms. The zero-order valence-electron chi connectivity index (χ0n) is 16.4. The van der Waals surface area contributed by atoms with Gasteiger partial charge < -0.3 is 9.84 Å². The highest BCUT2D eigenvalue weighted by Gasteiger charge is 2.51. The van der Waals surface area contributed by atoms with Crippen molar-refractivity contribution in [1.82, 2.24) is 4.90 Å². The fraction of sp³-hybridized carbons (Fsp3) is 0.650. The fourth-order valence-corrected chi connectivity index (χ4v) is 5.17. The Morgan fingerprint density at radius 3 is 2.24 bits per heavy atom. The van der Waals surface area contributed by atoms with E-state index >= 15 is 0 Å². The lowest BCUT2D eigenvalue weighted by Gasteiger charge is -2.42. The molecular formula is C20H31NO3S. The topological polar surface area (TPSA) is 49.8 Å². The third-order valence-corrected chi connectivity index (χ3v) is 6.21. The maximum absolute atomic E-state index is 13.3. The highest BCUT2D eigenvalue weighted by Crippen LogP contribution is 2.46. The van der Waals surface area contributed by atoms with Gasteiger partial charge in [0.05, 0.1) is 23.0 Å². The van der Waals surface area contributed by atoms with E-state index in [-0.39, 0.29) is 16.7 Å². The summed E-state index contributed by atoms with van der Waals surface area (Å²) in [6.07, 6.45) is -0.654. The molecule has 1 aliphatic heterocycles. The molecular weight excluding hydrogens is 334 g/mol. The number of aliphatic hydroxyl groups excluding tert-OH is 1. The predicted octanol–water partition coefficient (Wildman–Crippen LogP) is 4.62. The van der Waals surface area contributed by atoms with E-state index in [1.165, 1.54) is 11.8 Å². The van der Waals surface area contributed by atoms with E-state index in [1.54, 1.807) is 4.90 Å². The lowest BCUT2D eigenvalue weighted by molar-refractivity contribution is -0.0300. The van der Waals surface area contributed by atoms with Crippen LogP contribution in [0.15, 0.2) is 30.3 Å². The molecule has 1 saturated heterocycles. The minimum atomic E-state index is -0.735. The van der Waals surface area contributed by atoms with Gasteiger partial charge in [-0.25, -0.2) is 0 Å². The molecule has 1 N–H and O–H groups in total. The number of carbonyl (C=O) groups is 1. The molecule has 1 heterocycles. The van der Waals surface area contributed by atoms with Gasteiger partial charge in [-0.3, -0.25) is 9.69 Å². The van der Waals surface area contributed by atoms with Crippen LogP contribution in [0.2, 0.25) is 0 Å². The van der Waals surface area contributed by atoms with Crippen LogP contribution in [0.5, 0.6) is 0 Å². The maximum atomic E-state index is 13.3. The van der Waals surface area contributed by atoms with Crippen LogP contribution in [0.4, 0.5) is 4.79 Å². The molecule has 1 amide bonds. The van der Waals surface area contributed by atoms with Crippen LogP contribution in [0.25, 0.3) is 0 Å². The Morgan fingerprint density at radius 2 is 1.80 bits per heavy atom. The standard InChI is InChI=1S/C20H31NO3S/c1-14(2)16(22)20(7,15-11-9-8-10-12-15)25-17(23)21-18(3,4)13-24-19(21,5)6/h8-12,14,16,22H,13H2,1-7H3/t16-,20+/m1/s1. The van der Waals surface area contributed by atoms with Crippen LogP contribution in [0.1, 0.15) is 54.0 Å². The molecule has 2 atom stereocenters. The van der Waals surface area contributed by atoms with Crippen LogP contribution in [0.3, 0.4) is 0 Å². The normalized spacial score (nSPS) is 22.7. The van der Waals surface area contributed by atoms with Gasteiger partial charge in [0.1, 0.15) is 5.72 Å². The van der Waals surface area contributed by atoms with Crippen molar-refractivity contribution in [3.8, 4) is 0 Å². The van der Waals surface area contributed by atoms with Crippen molar-refractivity contribution in [1.29, 1.82) is 0 Å². The van der Waals surface area contributed by atoms with Crippen LogP contribution in [-0.2, 0) is 9.48 Å². The summed E-state index contributed by atoms with van der Waals surface area (Å²) in [7, 11) is 0. The molecule has 0 radical (unpaired) electrons. The number of amides is 1. The van der Waals surface area contributed by atoms with Gasteiger partial charge >= 0.3 is 0 Å². The average molecular weight is 366 g/mol. The highest BCUT2D eigenvalue weighted by molar-refractivity contribution is 8.14. The number of carbonyl (C=O) groups excluding carboxylic acids is 1. The van der Waals surface area contributed by atoms with E-state index in [2.05, 4.69) is 0 Å². The molecule has 0 unspecified atom stereocenters. The van der Waals surface area contributed by atoms with Gasteiger partial charge in [-0.1, -0.05) is 55.9 Å². The number of hydrogen-bond acceptors (Lipinski definition) is 4. The SMILES string of the molecule is CC(C)[C@@H](O)[C@@](C)(SC(=O)N1C(C)(C)COC1(C)C)c1ccccc1. The van der Waals surface area contributed by atoms with Crippen LogP contribution in [0, 0.1) is 5.92 Å². The Kier molecular flexibility index (Phi) is 5.62. The van der Waals surface area contributed by atoms with Gasteiger partial charge in [0.25, 0.3) is 5.24 Å². The molecule has 140 valence electrons. The van der Waals surface area contributed by atoms with Crippen molar-refractivity contribution in [2.45, 2.75) is 70.6 Å². The quantitative estimate of drug-likeness (QED) is 0.846. The zero-order valence-corrected chi connectivity index (χ0v) is 17.2. The number of hydrogen-bond donors (Lipinski definition) is 1. The second-order valence-corrected chi connectivity index (χ2v) is 9.81. The first-order valence-electron chi connectivity index (χ1n) is 8.83. The van der Waals surface area contributed by atoms with Crippen molar-refractivity contribution >= 4 is 17.0 Å². The van der Waals surface area contributed by atoms with E-state index in [9.17, 15) is 9.90 Å². The molecule has 1 aliphatic rings. The summed E-state index contributed by atoms with van der Waals surface area (Å²) in [6.45, 7) is 14.3. The monoisotopic (exact) mass is 365 g/mol. The van der Waals surface area contributed by atoms with E-state index < -0.39 is 16.6 Å². The third kappa shape index (κ3) is 3.88. The van der Waals surface area contributed by atoms with Crippen molar-refractivity contribution in [3.05, 3.63) is 35.9 Å². The summed E-state index contributed by atoms with van der Waals surface area (Å²) in [5.41, 5.74) is -0.0904. The van der Waals surface area contributed by atoms with E-state index in [1.807, 2.05) is 78.8 Å². The van der Waals surface area contributed by atoms with E-state index in [0.717, 1.165) is 5.56 Å². The molecule has 0 aromatic heterocycles. The summed E-state index contributed by atoms with van der Waals surface area (Å²) >= 11 is 1.20. The largest absolute Gasteiger partial charge is 0.391 e. The lowest BCUT2D eigenvalue weighted by Crippen LogP contribution is -2.52. The Morgan fingerprint density at radius 1 is 1.24 bits per heavy atom. The molecule has 1 fully saturated rings. The summed E-state index contributed by atoms with van der Waals surface area (Å²) in [6, 6.07) is 9.78. The summed E-state index contributed by atoms with van der Waals surface area (Å²) < 4.78 is 5.11. The first-order chi connectivity index (χ1) is 11.4. The molecule has 5 heteroatoms. The summed E-state index contributed by atoms with van der Waals surface area (Å²) in [5.74, 6) is 0.0290. The Labute approximate surface area is 155 Å². The maximum Gasteiger partial charge on any atom is 0.285 e. The molecule has 0 spiro atoms. The van der Waals surface area contributed by atoms with Gasteiger partial charge in [0, 0.05) is 0 Å². The minimum Gasteiger partial charge on any atom is -0.391 e.